The third-order valence-electron chi connectivity index (χ3n) is 4.59. The fourth-order valence-corrected chi connectivity index (χ4v) is 3.24. The highest BCUT2D eigenvalue weighted by Gasteiger charge is 2.24. The van der Waals surface area contributed by atoms with Crippen LogP contribution in [-0.2, 0) is 11.2 Å². The summed E-state index contributed by atoms with van der Waals surface area (Å²) in [6, 6.07) is 10.6. The number of benzene rings is 1. The van der Waals surface area contributed by atoms with Crippen molar-refractivity contribution in [2.75, 3.05) is 0 Å². The first-order valence-electron chi connectivity index (χ1n) is 8.56. The van der Waals surface area contributed by atoms with E-state index in [0.29, 0.717) is 18.6 Å². The van der Waals surface area contributed by atoms with E-state index in [1.165, 1.54) is 17.6 Å². The Kier molecular flexibility index (Phi) is 6.85. The lowest BCUT2D eigenvalue weighted by atomic mass is 9.84. The Bertz CT molecular complexity index is 490. The molecule has 0 spiro atoms. The molecule has 0 bridgehead atoms. The van der Waals surface area contributed by atoms with Crippen molar-refractivity contribution in [2.24, 2.45) is 5.92 Å². The molecule has 2 atom stereocenters. The van der Waals surface area contributed by atoms with Gasteiger partial charge in [0.2, 0.25) is 0 Å². The first kappa shape index (κ1) is 17.0. The molecule has 0 amide bonds. The van der Waals surface area contributed by atoms with E-state index in [0.717, 1.165) is 32.1 Å². The topological polar surface area (TPSA) is 37.3 Å². The highest BCUT2D eigenvalue weighted by Crippen LogP contribution is 2.26. The summed E-state index contributed by atoms with van der Waals surface area (Å²) in [6.45, 7) is 2.09. The zero-order valence-corrected chi connectivity index (χ0v) is 13.6. The third kappa shape index (κ3) is 5.76. The van der Waals surface area contributed by atoms with Crippen molar-refractivity contribution in [1.82, 2.24) is 0 Å². The van der Waals surface area contributed by atoms with E-state index in [-0.39, 0.29) is 5.92 Å². The molecule has 1 aromatic rings. The highest BCUT2D eigenvalue weighted by atomic mass is 16.3. The molecule has 0 aromatic heterocycles. The van der Waals surface area contributed by atoms with Crippen LogP contribution >= 0.6 is 0 Å². The van der Waals surface area contributed by atoms with Crippen molar-refractivity contribution < 1.29 is 9.90 Å². The van der Waals surface area contributed by atoms with Gasteiger partial charge in [-0.15, -0.1) is 0 Å². The molecule has 2 rings (SSSR count). The monoisotopic (exact) mass is 300 g/mol. The number of aliphatic hydroxyl groups is 1. The highest BCUT2D eigenvalue weighted by molar-refractivity contribution is 5.79. The Hall–Kier alpha value is -1.41. The van der Waals surface area contributed by atoms with Crippen LogP contribution in [0.3, 0.4) is 0 Å². The zero-order valence-electron chi connectivity index (χ0n) is 13.6. The molecule has 1 fully saturated rings. The van der Waals surface area contributed by atoms with Crippen LogP contribution in [0, 0.1) is 5.92 Å². The van der Waals surface area contributed by atoms with Crippen molar-refractivity contribution in [3.05, 3.63) is 47.5 Å². The van der Waals surface area contributed by atoms with Crippen molar-refractivity contribution >= 4 is 5.78 Å². The number of hydrogen-bond acceptors (Lipinski definition) is 2. The van der Waals surface area contributed by atoms with Crippen LogP contribution in [0.2, 0.25) is 0 Å². The molecule has 1 aromatic carbocycles. The molecule has 0 saturated heterocycles. The summed E-state index contributed by atoms with van der Waals surface area (Å²) >= 11 is 0. The van der Waals surface area contributed by atoms with Gasteiger partial charge in [0.1, 0.15) is 5.78 Å². The van der Waals surface area contributed by atoms with Crippen molar-refractivity contribution in [3.63, 3.8) is 0 Å². The van der Waals surface area contributed by atoms with Crippen LogP contribution in [0.25, 0.3) is 0 Å². The number of allylic oxidation sites excluding steroid dienone is 1. The molecule has 1 N–H and O–H groups in total. The number of hydrogen-bond donors (Lipinski definition) is 1. The third-order valence-corrected chi connectivity index (χ3v) is 4.59. The van der Waals surface area contributed by atoms with Gasteiger partial charge < -0.3 is 5.11 Å². The minimum absolute atomic E-state index is 0.139. The smallest absolute Gasteiger partial charge is 0.133 e. The van der Waals surface area contributed by atoms with Gasteiger partial charge in [0.15, 0.2) is 0 Å². The van der Waals surface area contributed by atoms with E-state index in [1.54, 1.807) is 0 Å². The van der Waals surface area contributed by atoms with Gasteiger partial charge in [-0.2, -0.15) is 0 Å². The second kappa shape index (κ2) is 8.89. The summed E-state index contributed by atoms with van der Waals surface area (Å²) in [6.07, 6.45) is 9.17. The van der Waals surface area contributed by atoms with E-state index >= 15 is 0 Å². The fourth-order valence-electron chi connectivity index (χ4n) is 3.24. The van der Waals surface area contributed by atoms with Gasteiger partial charge in [0.25, 0.3) is 0 Å². The molecule has 0 unspecified atom stereocenters. The van der Waals surface area contributed by atoms with Gasteiger partial charge in [-0.1, -0.05) is 42.0 Å². The molecule has 1 aliphatic carbocycles. The maximum absolute atomic E-state index is 11.5. The summed E-state index contributed by atoms with van der Waals surface area (Å²) in [5.74, 6) is 0.449. The van der Waals surface area contributed by atoms with Gasteiger partial charge in [0.05, 0.1) is 6.10 Å². The molecule has 0 aliphatic heterocycles. The number of ketones is 1. The summed E-state index contributed by atoms with van der Waals surface area (Å²) in [4.78, 5) is 11.5. The molecule has 120 valence electrons. The number of carbonyl (C=O) groups excluding carboxylic acids is 1. The average molecular weight is 300 g/mol. The lowest BCUT2D eigenvalue weighted by molar-refractivity contribution is -0.122. The molecule has 2 nitrogen and oxygen atoms in total. The molecule has 1 saturated carbocycles. The number of unbranched alkanes of at least 4 members (excludes halogenated alkanes) is 1. The maximum atomic E-state index is 11.5. The Morgan fingerprint density at radius 1 is 1.32 bits per heavy atom. The van der Waals surface area contributed by atoms with Gasteiger partial charge in [-0.05, 0) is 56.9 Å². The number of carbonyl (C=O) groups is 1. The minimum atomic E-state index is -0.446. The average Bonchev–Trinajstić information content (AvgIpc) is 2.52. The Morgan fingerprint density at radius 3 is 2.82 bits per heavy atom. The largest absolute Gasteiger partial charge is 0.389 e. The van der Waals surface area contributed by atoms with Gasteiger partial charge in [0, 0.05) is 12.8 Å². The Morgan fingerprint density at radius 2 is 2.09 bits per heavy atom. The maximum Gasteiger partial charge on any atom is 0.133 e. The number of Topliss-reactive ketones (excluding diaryl/α,β-unsaturated/α-hetero) is 1. The van der Waals surface area contributed by atoms with Crippen LogP contribution in [0.15, 0.2) is 42.0 Å². The molecule has 22 heavy (non-hydrogen) atoms. The van der Waals surface area contributed by atoms with E-state index in [1.807, 2.05) is 12.1 Å². The quantitative estimate of drug-likeness (QED) is 0.596. The SMILES string of the molecule is C/C(=C\[C@@H](O)[C@@H]1CCCC(=O)C1)CCCCc1ccccc1. The second-order valence-electron chi connectivity index (χ2n) is 6.59. The van der Waals surface area contributed by atoms with Gasteiger partial charge >= 0.3 is 0 Å². The zero-order chi connectivity index (χ0) is 15.8. The van der Waals surface area contributed by atoms with E-state index in [9.17, 15) is 9.90 Å². The van der Waals surface area contributed by atoms with Crippen molar-refractivity contribution in [3.8, 4) is 0 Å². The molecular formula is C20H28O2. The summed E-state index contributed by atoms with van der Waals surface area (Å²) in [5.41, 5.74) is 2.64. The predicted octanol–water partition coefficient (Wildman–Crippen LogP) is 4.47. The molecule has 0 heterocycles. The summed E-state index contributed by atoms with van der Waals surface area (Å²) in [5, 5.41) is 10.3. The van der Waals surface area contributed by atoms with E-state index < -0.39 is 6.10 Å². The van der Waals surface area contributed by atoms with Crippen LogP contribution in [-0.4, -0.2) is 17.0 Å². The minimum Gasteiger partial charge on any atom is -0.389 e. The lowest BCUT2D eigenvalue weighted by Crippen LogP contribution is -2.25. The summed E-state index contributed by atoms with van der Waals surface area (Å²) < 4.78 is 0. The second-order valence-corrected chi connectivity index (χ2v) is 6.59. The van der Waals surface area contributed by atoms with E-state index in [4.69, 9.17) is 0 Å². The Labute approximate surface area is 134 Å². The molecule has 2 heteroatoms. The summed E-state index contributed by atoms with van der Waals surface area (Å²) in [7, 11) is 0. The van der Waals surface area contributed by atoms with Crippen LogP contribution in [0.1, 0.15) is 57.4 Å². The molecule has 1 aliphatic rings. The first-order chi connectivity index (χ1) is 10.6. The number of rotatable bonds is 7. The van der Waals surface area contributed by atoms with E-state index in [2.05, 4.69) is 31.2 Å². The van der Waals surface area contributed by atoms with Gasteiger partial charge in [-0.3, -0.25) is 4.79 Å². The van der Waals surface area contributed by atoms with Crippen LogP contribution in [0.5, 0.6) is 0 Å². The van der Waals surface area contributed by atoms with Crippen LogP contribution in [0.4, 0.5) is 0 Å². The van der Waals surface area contributed by atoms with Crippen LogP contribution < -0.4 is 0 Å². The first-order valence-corrected chi connectivity index (χ1v) is 8.56. The standard InChI is InChI=1S/C20H28O2/c1-16(8-5-6-11-17-9-3-2-4-10-17)14-20(22)18-12-7-13-19(21)15-18/h2-4,9-10,14,18,20,22H,5-8,11-13,15H2,1H3/b16-14+/t18-,20-/m1/s1. The normalized spacial score (nSPS) is 20.9. The predicted molar refractivity (Wildman–Crippen MR) is 90.7 cm³/mol. The van der Waals surface area contributed by atoms with Crippen molar-refractivity contribution in [2.45, 2.75) is 64.4 Å². The Balaban J connectivity index is 1.69. The fraction of sp³-hybridized carbons (Fsp3) is 0.550. The van der Waals surface area contributed by atoms with Gasteiger partial charge in [-0.25, -0.2) is 0 Å². The lowest BCUT2D eigenvalue weighted by Gasteiger charge is -2.24. The number of aryl methyl sites for hydroxylation is 1. The molecular weight excluding hydrogens is 272 g/mol. The molecule has 0 radical (unpaired) electrons. The van der Waals surface area contributed by atoms with Crippen molar-refractivity contribution in [1.29, 1.82) is 0 Å². The number of aliphatic hydroxyl groups excluding tert-OH is 1.